The van der Waals surface area contributed by atoms with Crippen LogP contribution >= 0.6 is 22.6 Å². The summed E-state index contributed by atoms with van der Waals surface area (Å²) in [5, 5.41) is 9.48. The van der Waals surface area contributed by atoms with Crippen LogP contribution in [0.25, 0.3) is 0 Å². The van der Waals surface area contributed by atoms with Crippen molar-refractivity contribution >= 4 is 28.5 Å². The van der Waals surface area contributed by atoms with Gasteiger partial charge in [-0.2, -0.15) is 13.2 Å². The summed E-state index contributed by atoms with van der Waals surface area (Å²) in [6.07, 6.45) is -5.39. The number of rotatable bonds is 3. The minimum Gasteiger partial charge on any atom is -0.378 e. The highest BCUT2D eigenvalue weighted by molar-refractivity contribution is 14.1. The van der Waals surface area contributed by atoms with E-state index in [0.717, 1.165) is 6.07 Å². The maximum atomic E-state index is 14.3. The number of nitrogens with zero attached hydrogens (tertiary/aromatic N) is 1. The van der Waals surface area contributed by atoms with Gasteiger partial charge in [-0.15, -0.1) is 0 Å². The van der Waals surface area contributed by atoms with Crippen molar-refractivity contribution in [3.05, 3.63) is 68.0 Å². The molecule has 1 N–H and O–H groups in total. The average molecular weight is 515 g/mol. The van der Waals surface area contributed by atoms with Crippen LogP contribution in [0.2, 0.25) is 0 Å². The lowest BCUT2D eigenvalue weighted by Gasteiger charge is -2.47. The summed E-state index contributed by atoms with van der Waals surface area (Å²) < 4.78 is 80.9. The first-order valence-corrected chi connectivity index (χ1v) is 9.00. The molecule has 3 rings (SSSR count). The molecule has 3 nitrogen and oxygen atoms in total. The molecule has 10 heteroatoms. The largest absolute Gasteiger partial charge is 0.420 e. The van der Waals surface area contributed by atoms with Gasteiger partial charge in [-0.25, -0.2) is 13.2 Å². The average Bonchev–Trinajstić information content (AvgIpc) is 2.56. The van der Waals surface area contributed by atoms with Gasteiger partial charge in [0.1, 0.15) is 5.82 Å². The van der Waals surface area contributed by atoms with E-state index >= 15 is 0 Å². The standard InChI is InChI=1S/C18H12F6INO2/c19-13-4-3-11(16(27)26-7-17(28,8-26)18(22,23)24)12(15(13)21)5-9-1-2-10(25)6-14(9)20/h1-4,6,28H,5,7-8H2. The van der Waals surface area contributed by atoms with Gasteiger partial charge in [-0.05, 0) is 52.4 Å². The highest BCUT2D eigenvalue weighted by Gasteiger charge is 2.62. The molecule has 2 aromatic rings. The Morgan fingerprint density at radius 2 is 1.75 bits per heavy atom. The minimum absolute atomic E-state index is 0.00521. The summed E-state index contributed by atoms with van der Waals surface area (Å²) in [7, 11) is 0. The molecule has 1 saturated heterocycles. The second kappa shape index (κ2) is 7.21. The van der Waals surface area contributed by atoms with Crippen molar-refractivity contribution in [3.63, 3.8) is 0 Å². The van der Waals surface area contributed by atoms with E-state index in [0.29, 0.717) is 14.5 Å². The number of β-amino-alcohol motifs (C(OH)–C–C–N with tert-alkyl or cyclic N) is 1. The molecule has 1 aliphatic rings. The van der Waals surface area contributed by atoms with Crippen LogP contribution in [0.1, 0.15) is 21.5 Å². The Balaban J connectivity index is 1.92. The lowest BCUT2D eigenvalue weighted by Crippen LogP contribution is -2.70. The molecular formula is C18H12F6INO2. The third kappa shape index (κ3) is 3.71. The number of halogens is 7. The number of hydrogen-bond acceptors (Lipinski definition) is 2. The number of benzene rings is 2. The third-order valence-electron chi connectivity index (χ3n) is 4.53. The van der Waals surface area contributed by atoms with Crippen molar-refractivity contribution in [2.24, 2.45) is 0 Å². The number of alkyl halides is 3. The number of likely N-dealkylation sites (tertiary alicyclic amines) is 1. The van der Waals surface area contributed by atoms with E-state index in [4.69, 9.17) is 0 Å². The first-order valence-electron chi connectivity index (χ1n) is 7.92. The Hall–Kier alpha value is -1.82. The molecule has 150 valence electrons. The molecule has 0 atom stereocenters. The van der Waals surface area contributed by atoms with Gasteiger partial charge < -0.3 is 10.0 Å². The second-order valence-corrected chi connectivity index (χ2v) is 7.74. The Bertz CT molecular complexity index is 940. The topological polar surface area (TPSA) is 40.5 Å². The molecule has 0 aromatic heterocycles. The lowest BCUT2D eigenvalue weighted by molar-refractivity contribution is -0.294. The molecule has 0 unspecified atom stereocenters. The summed E-state index contributed by atoms with van der Waals surface area (Å²) in [5.41, 5.74) is -3.90. The van der Waals surface area contributed by atoms with Crippen LogP contribution in [0.4, 0.5) is 26.3 Å². The summed E-state index contributed by atoms with van der Waals surface area (Å²) in [5.74, 6) is -4.35. The van der Waals surface area contributed by atoms with E-state index in [-0.39, 0.29) is 11.1 Å². The highest BCUT2D eigenvalue weighted by Crippen LogP contribution is 2.38. The molecule has 0 aliphatic carbocycles. The predicted molar refractivity (Wildman–Crippen MR) is 95.2 cm³/mol. The molecule has 28 heavy (non-hydrogen) atoms. The zero-order chi connectivity index (χ0) is 20.9. The SMILES string of the molecule is O=C(c1ccc(F)c(F)c1Cc1ccc(I)cc1F)N1CC(O)(C(F)(F)F)C1. The molecule has 1 amide bonds. The maximum Gasteiger partial charge on any atom is 0.420 e. The van der Waals surface area contributed by atoms with Crippen LogP contribution in [0.3, 0.4) is 0 Å². The van der Waals surface area contributed by atoms with Crippen molar-refractivity contribution in [1.29, 1.82) is 0 Å². The molecule has 2 aromatic carbocycles. The zero-order valence-electron chi connectivity index (χ0n) is 14.0. The Labute approximate surface area is 169 Å². The van der Waals surface area contributed by atoms with Gasteiger partial charge in [0.15, 0.2) is 17.2 Å². The van der Waals surface area contributed by atoms with Crippen LogP contribution < -0.4 is 0 Å². The smallest absolute Gasteiger partial charge is 0.378 e. The molecule has 0 radical (unpaired) electrons. The van der Waals surface area contributed by atoms with Crippen molar-refractivity contribution in [3.8, 4) is 0 Å². The first-order chi connectivity index (χ1) is 12.9. The predicted octanol–water partition coefficient (Wildman–Crippen LogP) is 4.05. The fraction of sp³-hybridized carbons (Fsp3) is 0.278. The number of aliphatic hydroxyl groups is 1. The van der Waals surface area contributed by atoms with E-state index in [1.165, 1.54) is 18.2 Å². The second-order valence-electron chi connectivity index (χ2n) is 6.49. The van der Waals surface area contributed by atoms with Crippen molar-refractivity contribution in [1.82, 2.24) is 4.90 Å². The molecule has 0 bridgehead atoms. The van der Waals surface area contributed by atoms with Gasteiger partial charge in [0.05, 0.1) is 13.1 Å². The van der Waals surface area contributed by atoms with Gasteiger partial charge in [0, 0.05) is 21.1 Å². The summed E-state index contributed by atoms with van der Waals surface area (Å²) in [6.45, 7) is -2.04. The Morgan fingerprint density at radius 1 is 1.11 bits per heavy atom. The Kier molecular flexibility index (Phi) is 5.38. The number of carbonyl (C=O) groups excluding carboxylic acids is 1. The van der Waals surface area contributed by atoms with Gasteiger partial charge in [0.2, 0.25) is 0 Å². The zero-order valence-corrected chi connectivity index (χ0v) is 16.1. The normalized spacial score (nSPS) is 16.1. The lowest BCUT2D eigenvalue weighted by atomic mass is 9.91. The van der Waals surface area contributed by atoms with Crippen LogP contribution in [0.15, 0.2) is 30.3 Å². The van der Waals surface area contributed by atoms with Gasteiger partial charge in [-0.1, -0.05) is 6.07 Å². The third-order valence-corrected chi connectivity index (χ3v) is 5.20. The van der Waals surface area contributed by atoms with Crippen LogP contribution in [-0.2, 0) is 6.42 Å². The quantitative estimate of drug-likeness (QED) is 0.496. The van der Waals surface area contributed by atoms with Gasteiger partial charge in [0.25, 0.3) is 5.91 Å². The van der Waals surface area contributed by atoms with Crippen LogP contribution in [0, 0.1) is 21.0 Å². The van der Waals surface area contributed by atoms with E-state index < -0.39 is 60.2 Å². The van der Waals surface area contributed by atoms with Crippen LogP contribution in [-0.4, -0.2) is 40.8 Å². The number of amides is 1. The summed E-state index contributed by atoms with van der Waals surface area (Å²) in [4.78, 5) is 13.2. The molecule has 0 spiro atoms. The molecule has 1 aliphatic heterocycles. The molecule has 1 heterocycles. The number of carbonyl (C=O) groups is 1. The van der Waals surface area contributed by atoms with E-state index in [1.54, 1.807) is 0 Å². The van der Waals surface area contributed by atoms with Crippen molar-refractivity contribution < 1.29 is 36.2 Å². The summed E-state index contributed by atoms with van der Waals surface area (Å²) >= 11 is 1.86. The summed E-state index contributed by atoms with van der Waals surface area (Å²) in [6, 6.07) is 5.67. The fourth-order valence-corrected chi connectivity index (χ4v) is 3.35. The van der Waals surface area contributed by atoms with Crippen molar-refractivity contribution in [2.45, 2.75) is 18.2 Å². The Morgan fingerprint density at radius 3 is 2.32 bits per heavy atom. The van der Waals surface area contributed by atoms with E-state index in [1.807, 2.05) is 22.6 Å². The molecule has 0 saturated carbocycles. The highest BCUT2D eigenvalue weighted by atomic mass is 127. The number of hydrogen-bond donors (Lipinski definition) is 1. The van der Waals surface area contributed by atoms with E-state index in [2.05, 4.69) is 0 Å². The first kappa shape index (κ1) is 20.9. The van der Waals surface area contributed by atoms with Gasteiger partial charge >= 0.3 is 6.18 Å². The van der Waals surface area contributed by atoms with E-state index in [9.17, 15) is 36.2 Å². The van der Waals surface area contributed by atoms with Crippen LogP contribution in [0.5, 0.6) is 0 Å². The van der Waals surface area contributed by atoms with Crippen molar-refractivity contribution in [2.75, 3.05) is 13.1 Å². The maximum absolute atomic E-state index is 14.3. The fourth-order valence-electron chi connectivity index (χ4n) is 2.90. The molecular weight excluding hydrogens is 503 g/mol. The minimum atomic E-state index is -4.93. The monoisotopic (exact) mass is 515 g/mol. The molecule has 1 fully saturated rings. The van der Waals surface area contributed by atoms with Gasteiger partial charge in [-0.3, -0.25) is 4.79 Å².